The third-order valence-electron chi connectivity index (χ3n) is 3.36. The summed E-state index contributed by atoms with van der Waals surface area (Å²) in [5, 5.41) is 5.02. The number of alkyl carbamates (subject to hydrolysis) is 2. The minimum absolute atomic E-state index is 0.449. The molecule has 0 heterocycles. The summed E-state index contributed by atoms with van der Waals surface area (Å²) in [5.41, 5.74) is 1.70. The van der Waals surface area contributed by atoms with Crippen LogP contribution < -0.4 is 15.4 Å². The van der Waals surface area contributed by atoms with Gasteiger partial charge in [0, 0.05) is 0 Å². The highest BCUT2D eigenvalue weighted by Gasteiger charge is 2.17. The summed E-state index contributed by atoms with van der Waals surface area (Å²) in [6, 6.07) is 16.8. The van der Waals surface area contributed by atoms with Gasteiger partial charge in [0.1, 0.15) is 18.5 Å². The standard InChI is InChI=1S/C18H20N2O5/c1-23-17(21)19-16(20-18(22)24-2)14-8-10-15(11-9-14)25-12-13-6-4-3-5-7-13/h3-11,16H,12H2,1-2H3,(H,19,21)(H,20,22). The van der Waals surface area contributed by atoms with Crippen LogP contribution in [-0.4, -0.2) is 26.4 Å². The Bertz CT molecular complexity index is 670. The summed E-state index contributed by atoms with van der Waals surface area (Å²) < 4.78 is 14.8. The highest BCUT2D eigenvalue weighted by Crippen LogP contribution is 2.18. The summed E-state index contributed by atoms with van der Waals surface area (Å²) in [6.45, 7) is 0.449. The van der Waals surface area contributed by atoms with Crippen LogP contribution in [0.15, 0.2) is 54.6 Å². The second kappa shape index (κ2) is 9.17. The third-order valence-corrected chi connectivity index (χ3v) is 3.36. The molecule has 132 valence electrons. The summed E-state index contributed by atoms with van der Waals surface area (Å²) >= 11 is 0. The second-order valence-corrected chi connectivity index (χ2v) is 5.05. The van der Waals surface area contributed by atoms with Gasteiger partial charge >= 0.3 is 12.2 Å². The molecular weight excluding hydrogens is 324 g/mol. The van der Waals surface area contributed by atoms with Crippen molar-refractivity contribution >= 4 is 12.2 Å². The van der Waals surface area contributed by atoms with Gasteiger partial charge in [-0.2, -0.15) is 0 Å². The molecule has 2 aromatic carbocycles. The third kappa shape index (κ3) is 5.72. The van der Waals surface area contributed by atoms with Crippen LogP contribution in [0.2, 0.25) is 0 Å². The maximum atomic E-state index is 11.4. The zero-order valence-electron chi connectivity index (χ0n) is 14.0. The van der Waals surface area contributed by atoms with E-state index in [1.165, 1.54) is 14.2 Å². The lowest BCUT2D eigenvalue weighted by atomic mass is 10.1. The maximum absolute atomic E-state index is 11.4. The molecule has 0 saturated carbocycles. The second-order valence-electron chi connectivity index (χ2n) is 5.05. The minimum Gasteiger partial charge on any atom is -0.489 e. The van der Waals surface area contributed by atoms with Gasteiger partial charge in [-0.3, -0.25) is 10.6 Å². The Labute approximate surface area is 145 Å². The highest BCUT2D eigenvalue weighted by atomic mass is 16.5. The molecule has 0 atom stereocenters. The molecule has 2 rings (SSSR count). The maximum Gasteiger partial charge on any atom is 0.408 e. The molecule has 2 amide bonds. The number of rotatable bonds is 6. The van der Waals surface area contributed by atoms with Gasteiger partial charge < -0.3 is 14.2 Å². The molecule has 7 heteroatoms. The lowest BCUT2D eigenvalue weighted by Gasteiger charge is -2.19. The summed E-state index contributed by atoms with van der Waals surface area (Å²) in [6.07, 6.45) is -2.14. The molecule has 0 bridgehead atoms. The average Bonchev–Trinajstić information content (AvgIpc) is 2.66. The Morgan fingerprint density at radius 2 is 1.44 bits per heavy atom. The smallest absolute Gasteiger partial charge is 0.408 e. The quantitative estimate of drug-likeness (QED) is 0.787. The molecule has 7 nitrogen and oxygen atoms in total. The number of hydrogen-bond acceptors (Lipinski definition) is 5. The van der Waals surface area contributed by atoms with Gasteiger partial charge in [-0.15, -0.1) is 0 Å². The number of hydrogen-bond donors (Lipinski definition) is 2. The van der Waals surface area contributed by atoms with Crippen molar-refractivity contribution in [2.75, 3.05) is 14.2 Å². The fourth-order valence-electron chi connectivity index (χ4n) is 2.05. The Morgan fingerprint density at radius 3 is 1.96 bits per heavy atom. The molecule has 0 aromatic heterocycles. The zero-order valence-corrected chi connectivity index (χ0v) is 14.0. The predicted octanol–water partition coefficient (Wildman–Crippen LogP) is 2.98. The first-order valence-corrected chi connectivity index (χ1v) is 7.58. The average molecular weight is 344 g/mol. The van der Waals surface area contributed by atoms with Crippen molar-refractivity contribution in [3.8, 4) is 5.75 Å². The van der Waals surface area contributed by atoms with Crippen LogP contribution in [0.3, 0.4) is 0 Å². The molecule has 0 unspecified atom stereocenters. The molecule has 0 aliphatic carbocycles. The van der Waals surface area contributed by atoms with E-state index in [1.54, 1.807) is 24.3 Å². The molecule has 0 saturated heterocycles. The number of nitrogens with one attached hydrogen (secondary N) is 2. The largest absolute Gasteiger partial charge is 0.489 e. The van der Waals surface area contributed by atoms with Gasteiger partial charge in [-0.05, 0) is 23.3 Å². The Kier molecular flexibility index (Phi) is 6.65. The highest BCUT2D eigenvalue weighted by molar-refractivity contribution is 5.71. The van der Waals surface area contributed by atoms with Crippen LogP contribution in [0.1, 0.15) is 17.3 Å². The molecule has 2 N–H and O–H groups in total. The van der Waals surface area contributed by atoms with E-state index in [1.807, 2.05) is 30.3 Å². The van der Waals surface area contributed by atoms with Gasteiger partial charge in [-0.1, -0.05) is 42.5 Å². The van der Waals surface area contributed by atoms with Crippen molar-refractivity contribution in [2.24, 2.45) is 0 Å². The van der Waals surface area contributed by atoms with E-state index in [9.17, 15) is 9.59 Å². The van der Waals surface area contributed by atoms with Crippen LogP contribution in [-0.2, 0) is 16.1 Å². The van der Waals surface area contributed by atoms with E-state index in [-0.39, 0.29) is 0 Å². The fraction of sp³-hybridized carbons (Fsp3) is 0.222. The summed E-state index contributed by atoms with van der Waals surface area (Å²) in [5.74, 6) is 0.669. The van der Waals surface area contributed by atoms with Crippen molar-refractivity contribution in [2.45, 2.75) is 12.8 Å². The number of methoxy groups -OCH3 is 2. The van der Waals surface area contributed by atoms with Gasteiger partial charge in [0.15, 0.2) is 0 Å². The zero-order chi connectivity index (χ0) is 18.1. The SMILES string of the molecule is COC(=O)NC(NC(=O)OC)c1ccc(OCc2ccccc2)cc1. The van der Waals surface area contributed by atoms with Crippen molar-refractivity contribution in [1.29, 1.82) is 0 Å². The molecule has 0 spiro atoms. The number of carbonyl (C=O) groups excluding carboxylic acids is 2. The molecule has 0 radical (unpaired) electrons. The van der Waals surface area contributed by atoms with Crippen molar-refractivity contribution < 1.29 is 23.8 Å². The van der Waals surface area contributed by atoms with Crippen LogP contribution >= 0.6 is 0 Å². The number of benzene rings is 2. The van der Waals surface area contributed by atoms with Crippen LogP contribution in [0, 0.1) is 0 Å². The lowest BCUT2D eigenvalue weighted by Crippen LogP contribution is -2.41. The van der Waals surface area contributed by atoms with E-state index < -0.39 is 18.4 Å². The Balaban J connectivity index is 2.03. The van der Waals surface area contributed by atoms with Gasteiger partial charge in [0.2, 0.25) is 0 Å². The molecule has 0 fully saturated rings. The Hall–Kier alpha value is -3.22. The van der Waals surface area contributed by atoms with Gasteiger partial charge in [-0.25, -0.2) is 9.59 Å². The lowest BCUT2D eigenvalue weighted by molar-refractivity contribution is 0.153. The van der Waals surface area contributed by atoms with Crippen LogP contribution in [0.4, 0.5) is 9.59 Å². The van der Waals surface area contributed by atoms with Gasteiger partial charge in [0.25, 0.3) is 0 Å². The first kappa shape index (κ1) is 18.1. The first-order valence-electron chi connectivity index (χ1n) is 7.58. The molecule has 25 heavy (non-hydrogen) atoms. The summed E-state index contributed by atoms with van der Waals surface area (Å²) in [4.78, 5) is 22.9. The summed E-state index contributed by atoms with van der Waals surface area (Å²) in [7, 11) is 2.48. The predicted molar refractivity (Wildman–Crippen MR) is 91.0 cm³/mol. The number of carbonyl (C=O) groups is 2. The monoisotopic (exact) mass is 344 g/mol. The van der Waals surface area contributed by atoms with Crippen molar-refractivity contribution in [1.82, 2.24) is 10.6 Å². The molecular formula is C18H20N2O5. The van der Waals surface area contributed by atoms with Crippen LogP contribution in [0.5, 0.6) is 5.75 Å². The normalized spacial score (nSPS) is 10.0. The van der Waals surface area contributed by atoms with E-state index in [0.717, 1.165) is 5.56 Å². The number of ether oxygens (including phenoxy) is 3. The first-order chi connectivity index (χ1) is 12.1. The minimum atomic E-state index is -0.789. The Morgan fingerprint density at radius 1 is 0.880 bits per heavy atom. The molecule has 2 aromatic rings. The van der Waals surface area contributed by atoms with E-state index >= 15 is 0 Å². The molecule has 0 aliphatic heterocycles. The van der Waals surface area contributed by atoms with Crippen molar-refractivity contribution in [3.05, 3.63) is 65.7 Å². The van der Waals surface area contributed by atoms with Crippen LogP contribution in [0.25, 0.3) is 0 Å². The molecule has 0 aliphatic rings. The van der Waals surface area contributed by atoms with E-state index in [0.29, 0.717) is 17.9 Å². The topological polar surface area (TPSA) is 85.9 Å². The van der Waals surface area contributed by atoms with Crippen molar-refractivity contribution in [3.63, 3.8) is 0 Å². The van der Waals surface area contributed by atoms with E-state index in [4.69, 9.17) is 4.74 Å². The number of amides is 2. The fourth-order valence-corrected chi connectivity index (χ4v) is 2.05. The van der Waals surface area contributed by atoms with E-state index in [2.05, 4.69) is 20.1 Å². The van der Waals surface area contributed by atoms with Gasteiger partial charge in [0.05, 0.1) is 14.2 Å².